The fourth-order valence-corrected chi connectivity index (χ4v) is 5.55. The number of rotatable bonds is 4. The van der Waals surface area contributed by atoms with Gasteiger partial charge in [-0.15, -0.1) is 0 Å². The van der Waals surface area contributed by atoms with Crippen LogP contribution in [0.3, 0.4) is 0 Å². The Morgan fingerprint density at radius 1 is 0.525 bits per heavy atom. The lowest BCUT2D eigenvalue weighted by molar-refractivity contribution is 0.569. The van der Waals surface area contributed by atoms with E-state index in [0.29, 0.717) is 0 Å². The number of nitrogens with one attached hydrogen (secondary N) is 1. The van der Waals surface area contributed by atoms with Gasteiger partial charge in [0.05, 0.1) is 11.0 Å². The summed E-state index contributed by atoms with van der Waals surface area (Å²) in [6.45, 7) is 13.8. The number of benzene rings is 5. The van der Waals surface area contributed by atoms with Crippen molar-refractivity contribution in [1.29, 1.82) is 0 Å². The molecule has 200 valence electrons. The zero-order valence-electron chi connectivity index (χ0n) is 24.4. The van der Waals surface area contributed by atoms with Gasteiger partial charge in [0.1, 0.15) is 0 Å². The Bertz CT molecular complexity index is 1790. The molecule has 0 aliphatic rings. The third kappa shape index (κ3) is 4.79. The maximum absolute atomic E-state index is 3.78. The predicted octanol–water partition coefficient (Wildman–Crippen LogP) is 10.8. The molecule has 6 rings (SSSR count). The fourth-order valence-electron chi connectivity index (χ4n) is 5.55. The van der Waals surface area contributed by atoms with Crippen molar-refractivity contribution in [1.82, 2.24) is 4.57 Å². The van der Waals surface area contributed by atoms with Crippen LogP contribution in [0.5, 0.6) is 0 Å². The molecule has 6 aromatic rings. The van der Waals surface area contributed by atoms with Crippen LogP contribution in [0.15, 0.2) is 115 Å². The number of aromatic nitrogens is 1. The quantitative estimate of drug-likeness (QED) is 0.244. The van der Waals surface area contributed by atoms with E-state index in [-0.39, 0.29) is 10.8 Å². The molecule has 1 N–H and O–H groups in total. The van der Waals surface area contributed by atoms with Gasteiger partial charge >= 0.3 is 0 Å². The highest BCUT2D eigenvalue weighted by Crippen LogP contribution is 2.39. The normalized spacial score (nSPS) is 12.2. The highest BCUT2D eigenvalue weighted by atomic mass is 15.0. The molecular weight excluding hydrogens is 484 g/mol. The second kappa shape index (κ2) is 9.71. The molecule has 0 radical (unpaired) electrons. The first kappa shape index (κ1) is 26.0. The Kier molecular flexibility index (Phi) is 6.30. The van der Waals surface area contributed by atoms with Gasteiger partial charge in [-0.2, -0.15) is 0 Å². The van der Waals surface area contributed by atoms with Crippen LogP contribution in [0.4, 0.5) is 11.4 Å². The van der Waals surface area contributed by atoms with Gasteiger partial charge < -0.3 is 9.88 Å². The molecule has 0 amide bonds. The Hall–Kier alpha value is -4.30. The average Bonchev–Trinajstić information content (AvgIpc) is 3.26. The molecule has 1 heterocycles. The Morgan fingerprint density at radius 3 is 1.82 bits per heavy atom. The summed E-state index contributed by atoms with van der Waals surface area (Å²) in [7, 11) is 0. The highest BCUT2D eigenvalue weighted by Gasteiger charge is 2.22. The van der Waals surface area contributed by atoms with E-state index in [9.17, 15) is 0 Å². The minimum Gasteiger partial charge on any atom is -0.355 e. The van der Waals surface area contributed by atoms with Gasteiger partial charge in [0.15, 0.2) is 0 Å². The van der Waals surface area contributed by atoms with Crippen molar-refractivity contribution in [2.24, 2.45) is 0 Å². The molecule has 0 spiro atoms. The molecule has 0 saturated carbocycles. The molecule has 0 bridgehead atoms. The lowest BCUT2D eigenvalue weighted by Gasteiger charge is -2.26. The van der Waals surface area contributed by atoms with E-state index in [0.717, 1.165) is 11.4 Å². The fraction of sp³-hybridized carbons (Fsp3) is 0.211. The van der Waals surface area contributed by atoms with Gasteiger partial charge in [-0.05, 0) is 70.0 Å². The monoisotopic (exact) mass is 522 g/mol. The number of nitrogens with zero attached hydrogens (tertiary/aromatic N) is 1. The van der Waals surface area contributed by atoms with Crippen LogP contribution in [-0.2, 0) is 10.8 Å². The lowest BCUT2D eigenvalue weighted by Crippen LogP contribution is -2.16. The topological polar surface area (TPSA) is 17.0 Å². The highest BCUT2D eigenvalue weighted by molar-refractivity contribution is 6.10. The number of anilines is 2. The molecule has 0 unspecified atom stereocenters. The van der Waals surface area contributed by atoms with Gasteiger partial charge in [-0.3, -0.25) is 0 Å². The van der Waals surface area contributed by atoms with E-state index < -0.39 is 0 Å². The minimum absolute atomic E-state index is 0.0659. The van der Waals surface area contributed by atoms with Crippen LogP contribution in [0.2, 0.25) is 0 Å². The zero-order valence-corrected chi connectivity index (χ0v) is 24.4. The Morgan fingerprint density at radius 2 is 1.12 bits per heavy atom. The summed E-state index contributed by atoms with van der Waals surface area (Å²) in [5.74, 6) is 0. The second-order valence-electron chi connectivity index (χ2n) is 12.9. The van der Waals surface area contributed by atoms with E-state index >= 15 is 0 Å². The summed E-state index contributed by atoms with van der Waals surface area (Å²) in [6, 6.07) is 41.8. The SMILES string of the molecule is CC(C)(C)c1cc(-c2ccccc2Nc2ccc3c(c2)c2ccccc2n3-c2ccccc2)cc(C(C)(C)C)c1. The van der Waals surface area contributed by atoms with Gasteiger partial charge in [-0.25, -0.2) is 0 Å². The number of para-hydroxylation sites is 3. The number of hydrogen-bond donors (Lipinski definition) is 1. The van der Waals surface area contributed by atoms with Gasteiger partial charge in [0.2, 0.25) is 0 Å². The minimum atomic E-state index is 0.0659. The van der Waals surface area contributed by atoms with Crippen molar-refractivity contribution in [3.05, 3.63) is 126 Å². The second-order valence-corrected chi connectivity index (χ2v) is 12.9. The van der Waals surface area contributed by atoms with Crippen LogP contribution in [0.25, 0.3) is 38.6 Å². The summed E-state index contributed by atoms with van der Waals surface area (Å²) < 4.78 is 2.36. The number of hydrogen-bond acceptors (Lipinski definition) is 1. The van der Waals surface area contributed by atoms with Gasteiger partial charge in [0.25, 0.3) is 0 Å². The summed E-state index contributed by atoms with van der Waals surface area (Å²) in [5, 5.41) is 6.28. The molecule has 0 saturated heterocycles. The third-order valence-corrected chi connectivity index (χ3v) is 7.87. The molecule has 0 aliphatic carbocycles. The smallest absolute Gasteiger partial charge is 0.0542 e. The average molecular weight is 523 g/mol. The molecule has 40 heavy (non-hydrogen) atoms. The van der Waals surface area contributed by atoms with Crippen LogP contribution >= 0.6 is 0 Å². The summed E-state index contributed by atoms with van der Waals surface area (Å²) in [6.07, 6.45) is 0. The Labute approximate surface area is 238 Å². The molecule has 0 fully saturated rings. The molecule has 2 nitrogen and oxygen atoms in total. The first-order valence-electron chi connectivity index (χ1n) is 14.2. The first-order chi connectivity index (χ1) is 19.1. The van der Waals surface area contributed by atoms with Crippen molar-refractivity contribution < 1.29 is 0 Å². The molecule has 2 heteroatoms. The standard InChI is InChI=1S/C38H38N2/c1-37(2,3)27-22-26(23-28(24-27)38(4,5)6)31-16-10-12-18-34(31)39-29-20-21-36-33(25-29)32-17-11-13-19-35(32)40(36)30-14-8-7-9-15-30/h7-25,39H,1-6H3. The van der Waals surface area contributed by atoms with E-state index in [4.69, 9.17) is 0 Å². The van der Waals surface area contributed by atoms with E-state index in [1.807, 2.05) is 0 Å². The van der Waals surface area contributed by atoms with E-state index in [2.05, 4.69) is 167 Å². The molecule has 5 aromatic carbocycles. The largest absolute Gasteiger partial charge is 0.355 e. The lowest BCUT2D eigenvalue weighted by atomic mass is 9.79. The molecule has 0 atom stereocenters. The van der Waals surface area contributed by atoms with Crippen LogP contribution in [0, 0.1) is 0 Å². The summed E-state index contributed by atoms with van der Waals surface area (Å²) >= 11 is 0. The zero-order chi connectivity index (χ0) is 28.1. The molecule has 1 aromatic heterocycles. The Balaban J connectivity index is 1.47. The van der Waals surface area contributed by atoms with Crippen LogP contribution in [-0.4, -0.2) is 4.57 Å². The van der Waals surface area contributed by atoms with Crippen LogP contribution < -0.4 is 5.32 Å². The maximum atomic E-state index is 3.78. The third-order valence-electron chi connectivity index (χ3n) is 7.87. The van der Waals surface area contributed by atoms with Crippen molar-refractivity contribution >= 4 is 33.2 Å². The number of fused-ring (bicyclic) bond motifs is 3. The predicted molar refractivity (Wildman–Crippen MR) is 173 cm³/mol. The molecule has 0 aliphatic heterocycles. The first-order valence-corrected chi connectivity index (χ1v) is 14.2. The van der Waals surface area contributed by atoms with Crippen molar-refractivity contribution in [3.63, 3.8) is 0 Å². The van der Waals surface area contributed by atoms with E-state index in [1.165, 1.54) is 49.7 Å². The van der Waals surface area contributed by atoms with Crippen molar-refractivity contribution in [3.8, 4) is 16.8 Å². The van der Waals surface area contributed by atoms with E-state index in [1.54, 1.807) is 0 Å². The van der Waals surface area contributed by atoms with Crippen molar-refractivity contribution in [2.75, 3.05) is 5.32 Å². The summed E-state index contributed by atoms with van der Waals surface area (Å²) in [5.41, 5.74) is 11.1. The summed E-state index contributed by atoms with van der Waals surface area (Å²) in [4.78, 5) is 0. The van der Waals surface area contributed by atoms with Gasteiger partial charge in [-0.1, -0.05) is 114 Å². The molecular formula is C38H38N2. The van der Waals surface area contributed by atoms with Crippen LogP contribution in [0.1, 0.15) is 52.7 Å². The van der Waals surface area contributed by atoms with Crippen molar-refractivity contribution in [2.45, 2.75) is 52.4 Å². The maximum Gasteiger partial charge on any atom is 0.0542 e. The van der Waals surface area contributed by atoms with Gasteiger partial charge in [0, 0.05) is 33.4 Å².